The monoisotopic (exact) mass is 280 g/mol. The predicted octanol–water partition coefficient (Wildman–Crippen LogP) is 3.03. The van der Waals surface area contributed by atoms with Crippen LogP contribution in [0.4, 0.5) is 0 Å². The van der Waals surface area contributed by atoms with Gasteiger partial charge >= 0.3 is 5.97 Å². The molecule has 1 aromatic rings. The molecule has 0 fully saturated rings. The first-order valence-corrected chi connectivity index (χ1v) is 6.61. The summed E-state index contributed by atoms with van der Waals surface area (Å²) in [5.74, 6) is -0.323. The Bertz CT molecular complexity index is 438. The second kappa shape index (κ2) is 6.24. The van der Waals surface area contributed by atoms with Crippen molar-refractivity contribution < 1.29 is 14.3 Å². The lowest BCUT2D eigenvalue weighted by Gasteiger charge is -2.35. The van der Waals surface area contributed by atoms with E-state index in [-0.39, 0.29) is 19.0 Å². The number of aldehydes is 1. The first-order chi connectivity index (χ1) is 8.78. The van der Waals surface area contributed by atoms with Crippen molar-refractivity contribution in [3.63, 3.8) is 0 Å². The van der Waals surface area contributed by atoms with Crippen LogP contribution in [0.2, 0.25) is 0 Å². The number of ether oxygens (including phenoxy) is 1. The van der Waals surface area contributed by atoms with Crippen LogP contribution in [-0.2, 0) is 20.9 Å². The molecule has 0 saturated heterocycles. The second-order valence-corrected chi connectivity index (χ2v) is 6.40. The molecule has 0 amide bonds. The van der Waals surface area contributed by atoms with Gasteiger partial charge in [-0.2, -0.15) is 12.6 Å². The second-order valence-electron chi connectivity index (χ2n) is 5.47. The molecule has 1 aromatic carbocycles. The molecule has 104 valence electrons. The molecule has 3 nitrogen and oxygen atoms in total. The van der Waals surface area contributed by atoms with E-state index < -0.39 is 10.2 Å². The van der Waals surface area contributed by atoms with Gasteiger partial charge in [0.25, 0.3) is 0 Å². The molecular formula is C15H20O3S. The third-order valence-electron chi connectivity index (χ3n) is 3.43. The molecule has 0 N–H and O–H groups in total. The van der Waals surface area contributed by atoms with Crippen molar-refractivity contribution in [1.29, 1.82) is 0 Å². The Kier molecular flexibility index (Phi) is 5.18. The van der Waals surface area contributed by atoms with Crippen LogP contribution in [0.15, 0.2) is 30.3 Å². The minimum absolute atomic E-state index is 0.151. The number of carbonyl (C=O) groups is 2. The van der Waals surface area contributed by atoms with Crippen molar-refractivity contribution in [2.24, 2.45) is 5.41 Å². The maximum absolute atomic E-state index is 11.8. The van der Waals surface area contributed by atoms with Gasteiger partial charge in [-0.25, -0.2) is 0 Å². The largest absolute Gasteiger partial charge is 0.461 e. The van der Waals surface area contributed by atoms with Crippen molar-refractivity contribution in [1.82, 2.24) is 0 Å². The minimum Gasteiger partial charge on any atom is -0.461 e. The zero-order valence-electron chi connectivity index (χ0n) is 11.6. The fourth-order valence-electron chi connectivity index (χ4n) is 1.49. The van der Waals surface area contributed by atoms with E-state index in [1.54, 1.807) is 6.92 Å². The molecule has 0 heterocycles. The minimum atomic E-state index is -0.862. The summed E-state index contributed by atoms with van der Waals surface area (Å²) in [6, 6.07) is 9.48. The molecule has 0 spiro atoms. The highest BCUT2D eigenvalue weighted by Crippen LogP contribution is 2.37. The van der Waals surface area contributed by atoms with Gasteiger partial charge in [0, 0.05) is 0 Å². The van der Waals surface area contributed by atoms with Crippen LogP contribution >= 0.6 is 12.6 Å². The standard InChI is InChI=1S/C15H20O3S/c1-14(2,15(3,19)11-16)9-13(17)18-10-12-7-5-4-6-8-12/h4-8,11,19H,9-10H2,1-3H3. The molecule has 0 saturated carbocycles. The summed E-state index contributed by atoms with van der Waals surface area (Å²) >= 11 is 4.30. The lowest BCUT2D eigenvalue weighted by Crippen LogP contribution is -2.40. The number of benzene rings is 1. The van der Waals surface area contributed by atoms with E-state index >= 15 is 0 Å². The summed E-state index contributed by atoms with van der Waals surface area (Å²) in [5.41, 5.74) is 0.378. The van der Waals surface area contributed by atoms with Gasteiger partial charge in [0.15, 0.2) is 0 Å². The van der Waals surface area contributed by atoms with Crippen molar-refractivity contribution in [3.8, 4) is 0 Å². The number of rotatable bonds is 6. The molecule has 0 aliphatic heterocycles. The van der Waals surface area contributed by atoms with Gasteiger partial charge in [-0.1, -0.05) is 44.2 Å². The molecule has 1 atom stereocenters. The van der Waals surface area contributed by atoms with E-state index in [4.69, 9.17) is 4.74 Å². The number of hydrogen-bond donors (Lipinski definition) is 1. The highest BCUT2D eigenvalue weighted by Gasteiger charge is 2.40. The normalized spacial score (nSPS) is 14.5. The van der Waals surface area contributed by atoms with Crippen molar-refractivity contribution >= 4 is 24.9 Å². The van der Waals surface area contributed by atoms with Crippen molar-refractivity contribution in [2.45, 2.75) is 38.5 Å². The van der Waals surface area contributed by atoms with Gasteiger partial charge in [0.2, 0.25) is 0 Å². The lowest BCUT2D eigenvalue weighted by molar-refractivity contribution is -0.147. The maximum atomic E-state index is 11.8. The van der Waals surface area contributed by atoms with Gasteiger partial charge < -0.3 is 9.53 Å². The van der Waals surface area contributed by atoms with Crippen LogP contribution in [0.25, 0.3) is 0 Å². The van der Waals surface area contributed by atoms with E-state index in [2.05, 4.69) is 12.6 Å². The third-order valence-corrected chi connectivity index (χ3v) is 4.14. The highest BCUT2D eigenvalue weighted by molar-refractivity contribution is 7.82. The van der Waals surface area contributed by atoms with E-state index in [9.17, 15) is 9.59 Å². The summed E-state index contributed by atoms with van der Waals surface area (Å²) in [4.78, 5) is 22.8. The summed E-state index contributed by atoms with van der Waals surface area (Å²) in [6.07, 6.45) is 0.916. The van der Waals surface area contributed by atoms with Crippen molar-refractivity contribution in [3.05, 3.63) is 35.9 Å². The Balaban J connectivity index is 2.54. The maximum Gasteiger partial charge on any atom is 0.306 e. The molecule has 0 aliphatic carbocycles. The van der Waals surface area contributed by atoms with Crippen LogP contribution in [0.5, 0.6) is 0 Å². The van der Waals surface area contributed by atoms with Gasteiger partial charge in [-0.3, -0.25) is 4.79 Å². The summed E-state index contributed by atoms with van der Waals surface area (Å²) in [6.45, 7) is 5.62. The average molecular weight is 280 g/mol. The Morgan fingerprint density at radius 2 is 1.84 bits per heavy atom. The number of thiol groups is 1. The third kappa shape index (κ3) is 4.39. The Hall–Kier alpha value is -1.29. The molecule has 0 radical (unpaired) electrons. The van der Waals surface area contributed by atoms with Crippen LogP contribution < -0.4 is 0 Å². The number of carbonyl (C=O) groups excluding carboxylic acids is 2. The molecule has 19 heavy (non-hydrogen) atoms. The number of hydrogen-bond acceptors (Lipinski definition) is 4. The SMILES string of the molecule is CC(S)(C=O)C(C)(C)CC(=O)OCc1ccccc1. The molecule has 0 aliphatic rings. The predicted molar refractivity (Wildman–Crippen MR) is 78.1 cm³/mol. The van der Waals surface area contributed by atoms with Gasteiger partial charge in [-0.05, 0) is 17.9 Å². The first kappa shape index (κ1) is 15.8. The van der Waals surface area contributed by atoms with Crippen LogP contribution in [-0.4, -0.2) is 17.0 Å². The first-order valence-electron chi connectivity index (χ1n) is 6.17. The highest BCUT2D eigenvalue weighted by atomic mass is 32.1. The Morgan fingerprint density at radius 1 is 1.26 bits per heavy atom. The fourth-order valence-corrected chi connectivity index (χ4v) is 1.57. The molecule has 0 bridgehead atoms. The number of esters is 1. The van der Waals surface area contributed by atoms with E-state index in [1.165, 1.54) is 0 Å². The summed E-state index contributed by atoms with van der Waals surface area (Å²) in [5, 5.41) is 0. The zero-order valence-corrected chi connectivity index (χ0v) is 12.4. The Morgan fingerprint density at radius 3 is 2.37 bits per heavy atom. The Labute approximate surface area is 119 Å². The summed E-state index contributed by atoms with van der Waals surface area (Å²) in [7, 11) is 0. The molecule has 1 rings (SSSR count). The molecule has 0 aromatic heterocycles. The van der Waals surface area contributed by atoms with Gasteiger partial charge in [0.05, 0.1) is 11.2 Å². The zero-order chi connectivity index (χ0) is 14.5. The summed E-state index contributed by atoms with van der Waals surface area (Å²) < 4.78 is 4.35. The quantitative estimate of drug-likeness (QED) is 0.495. The lowest BCUT2D eigenvalue weighted by atomic mass is 9.77. The van der Waals surface area contributed by atoms with Crippen LogP contribution in [0.3, 0.4) is 0 Å². The topological polar surface area (TPSA) is 43.4 Å². The van der Waals surface area contributed by atoms with Gasteiger partial charge in [-0.15, -0.1) is 0 Å². The van der Waals surface area contributed by atoms with E-state index in [0.717, 1.165) is 11.8 Å². The van der Waals surface area contributed by atoms with E-state index in [0.29, 0.717) is 0 Å². The van der Waals surface area contributed by atoms with Crippen molar-refractivity contribution in [2.75, 3.05) is 0 Å². The van der Waals surface area contributed by atoms with Gasteiger partial charge in [0.1, 0.15) is 12.9 Å². The van der Waals surface area contributed by atoms with Crippen LogP contribution in [0.1, 0.15) is 32.8 Å². The van der Waals surface area contributed by atoms with E-state index in [1.807, 2.05) is 44.2 Å². The fraction of sp³-hybridized carbons (Fsp3) is 0.467. The van der Waals surface area contributed by atoms with Crippen LogP contribution in [0, 0.1) is 5.41 Å². The molecular weight excluding hydrogens is 260 g/mol. The smallest absolute Gasteiger partial charge is 0.306 e. The molecule has 4 heteroatoms. The average Bonchev–Trinajstić information content (AvgIpc) is 2.37. The molecule has 1 unspecified atom stereocenters.